The van der Waals surface area contributed by atoms with Gasteiger partial charge in [-0.2, -0.15) is 0 Å². The number of fused-ring (bicyclic) bond motifs is 1. The molecule has 4 heteroatoms. The number of aliphatic hydroxyl groups is 1. The van der Waals surface area contributed by atoms with Gasteiger partial charge in [-0.15, -0.1) is 11.3 Å². The molecule has 0 aliphatic carbocycles. The van der Waals surface area contributed by atoms with Crippen molar-refractivity contribution in [1.82, 2.24) is 4.98 Å². The lowest BCUT2D eigenvalue weighted by molar-refractivity contribution is -0.0490. The number of nitrogens with two attached hydrogens (primary N) is 1. The first-order valence-electron chi connectivity index (χ1n) is 6.13. The standard InChI is InChI=1S/C14H20N2OS/c1-13(2,3)14(17,9-15)8-12-16-10-6-4-5-7-11(10)18-12/h4-7,17H,8-9,15H2,1-3H3. The summed E-state index contributed by atoms with van der Waals surface area (Å²) in [6, 6.07) is 8.02. The van der Waals surface area contributed by atoms with Gasteiger partial charge in [0.1, 0.15) is 0 Å². The van der Waals surface area contributed by atoms with Crippen LogP contribution in [-0.4, -0.2) is 22.2 Å². The summed E-state index contributed by atoms with van der Waals surface area (Å²) in [5, 5.41) is 11.6. The maximum absolute atomic E-state index is 10.7. The second-order valence-corrected chi connectivity index (χ2v) is 6.85. The smallest absolute Gasteiger partial charge is 0.0967 e. The number of nitrogens with zero attached hydrogens (tertiary/aromatic N) is 1. The van der Waals surface area contributed by atoms with Crippen LogP contribution in [-0.2, 0) is 6.42 Å². The highest BCUT2D eigenvalue weighted by atomic mass is 32.1. The van der Waals surface area contributed by atoms with Crippen LogP contribution in [0.5, 0.6) is 0 Å². The molecule has 98 valence electrons. The van der Waals surface area contributed by atoms with Gasteiger partial charge in [0, 0.05) is 13.0 Å². The van der Waals surface area contributed by atoms with Crippen molar-refractivity contribution in [2.24, 2.45) is 11.1 Å². The molecule has 1 atom stereocenters. The van der Waals surface area contributed by atoms with E-state index in [1.807, 2.05) is 39.0 Å². The average Bonchev–Trinajstić information content (AvgIpc) is 2.69. The number of para-hydroxylation sites is 1. The highest BCUT2D eigenvalue weighted by Crippen LogP contribution is 2.34. The summed E-state index contributed by atoms with van der Waals surface area (Å²) in [5.74, 6) is 0. The van der Waals surface area contributed by atoms with Gasteiger partial charge in [-0.1, -0.05) is 32.9 Å². The van der Waals surface area contributed by atoms with Crippen molar-refractivity contribution in [2.45, 2.75) is 32.8 Å². The van der Waals surface area contributed by atoms with Crippen LogP contribution in [0.25, 0.3) is 10.2 Å². The van der Waals surface area contributed by atoms with E-state index >= 15 is 0 Å². The Hall–Kier alpha value is -0.970. The number of thiazole rings is 1. The Morgan fingerprint density at radius 2 is 1.94 bits per heavy atom. The zero-order chi connectivity index (χ0) is 13.4. The zero-order valence-corrected chi connectivity index (χ0v) is 11.9. The van der Waals surface area contributed by atoms with Gasteiger partial charge in [0.05, 0.1) is 20.8 Å². The Morgan fingerprint density at radius 1 is 1.28 bits per heavy atom. The zero-order valence-electron chi connectivity index (χ0n) is 11.1. The number of aromatic nitrogens is 1. The van der Waals surface area contributed by atoms with E-state index in [1.165, 1.54) is 0 Å². The molecule has 0 saturated carbocycles. The van der Waals surface area contributed by atoms with Crippen LogP contribution in [0.1, 0.15) is 25.8 Å². The minimum absolute atomic E-state index is 0.242. The Kier molecular flexibility index (Phi) is 3.45. The van der Waals surface area contributed by atoms with Gasteiger partial charge in [-0.05, 0) is 17.5 Å². The minimum atomic E-state index is -0.916. The van der Waals surface area contributed by atoms with E-state index in [9.17, 15) is 5.11 Å². The van der Waals surface area contributed by atoms with E-state index in [2.05, 4.69) is 11.1 Å². The van der Waals surface area contributed by atoms with Crippen molar-refractivity contribution in [3.63, 3.8) is 0 Å². The molecule has 0 aliphatic heterocycles. The summed E-state index contributed by atoms with van der Waals surface area (Å²) < 4.78 is 1.15. The van der Waals surface area contributed by atoms with Crippen molar-refractivity contribution in [3.05, 3.63) is 29.3 Å². The lowest BCUT2D eigenvalue weighted by atomic mass is 9.74. The monoisotopic (exact) mass is 264 g/mol. The van der Waals surface area contributed by atoms with Gasteiger partial charge in [-0.25, -0.2) is 4.98 Å². The number of benzene rings is 1. The lowest BCUT2D eigenvalue weighted by Crippen LogP contribution is -2.50. The molecule has 0 spiro atoms. The molecule has 1 unspecified atom stereocenters. The van der Waals surface area contributed by atoms with E-state index < -0.39 is 5.60 Å². The Labute approximate surface area is 112 Å². The van der Waals surface area contributed by atoms with Gasteiger partial charge in [-0.3, -0.25) is 0 Å². The fourth-order valence-corrected chi connectivity index (χ4v) is 2.96. The van der Waals surface area contributed by atoms with Crippen LogP contribution in [0.3, 0.4) is 0 Å². The molecule has 18 heavy (non-hydrogen) atoms. The van der Waals surface area contributed by atoms with E-state index in [0.29, 0.717) is 6.42 Å². The van der Waals surface area contributed by atoms with Gasteiger partial charge in [0.15, 0.2) is 0 Å². The highest BCUT2D eigenvalue weighted by Gasteiger charge is 2.39. The quantitative estimate of drug-likeness (QED) is 0.895. The van der Waals surface area contributed by atoms with Crippen molar-refractivity contribution in [3.8, 4) is 0 Å². The topological polar surface area (TPSA) is 59.1 Å². The van der Waals surface area contributed by atoms with Gasteiger partial charge < -0.3 is 10.8 Å². The summed E-state index contributed by atoms with van der Waals surface area (Å²) in [4.78, 5) is 4.56. The van der Waals surface area contributed by atoms with E-state index in [1.54, 1.807) is 11.3 Å². The molecule has 0 saturated heterocycles. The molecule has 1 aromatic heterocycles. The summed E-state index contributed by atoms with van der Waals surface area (Å²) in [6.45, 7) is 6.26. The third-order valence-corrected chi connectivity index (χ3v) is 4.55. The molecule has 0 aliphatic rings. The maximum Gasteiger partial charge on any atom is 0.0967 e. The molecule has 1 heterocycles. The van der Waals surface area contributed by atoms with Crippen LogP contribution in [0.2, 0.25) is 0 Å². The number of hydrogen-bond acceptors (Lipinski definition) is 4. The second-order valence-electron chi connectivity index (χ2n) is 5.74. The predicted molar refractivity (Wildman–Crippen MR) is 76.8 cm³/mol. The Balaban J connectivity index is 2.32. The van der Waals surface area contributed by atoms with Crippen molar-refractivity contribution < 1.29 is 5.11 Å². The molecule has 2 aromatic rings. The first-order valence-corrected chi connectivity index (χ1v) is 6.94. The number of hydrogen-bond donors (Lipinski definition) is 2. The van der Waals surface area contributed by atoms with Crippen molar-refractivity contribution in [2.75, 3.05) is 6.54 Å². The Bertz CT molecular complexity index is 511. The largest absolute Gasteiger partial charge is 0.388 e. The molecule has 0 amide bonds. The molecular weight excluding hydrogens is 244 g/mol. The van der Waals surface area contributed by atoms with Gasteiger partial charge >= 0.3 is 0 Å². The third kappa shape index (κ3) is 2.41. The maximum atomic E-state index is 10.7. The van der Waals surface area contributed by atoms with E-state index in [-0.39, 0.29) is 12.0 Å². The van der Waals surface area contributed by atoms with Crippen molar-refractivity contribution >= 4 is 21.6 Å². The molecule has 2 rings (SSSR count). The van der Waals surface area contributed by atoms with Crippen molar-refractivity contribution in [1.29, 1.82) is 0 Å². The van der Waals surface area contributed by atoms with Crippen LogP contribution >= 0.6 is 11.3 Å². The summed E-state index contributed by atoms with van der Waals surface area (Å²) in [7, 11) is 0. The summed E-state index contributed by atoms with van der Waals surface area (Å²) in [5.41, 5.74) is 5.57. The average molecular weight is 264 g/mol. The van der Waals surface area contributed by atoms with Gasteiger partial charge in [0.2, 0.25) is 0 Å². The SMILES string of the molecule is CC(C)(C)C(O)(CN)Cc1nc2ccccc2s1. The van der Waals surface area contributed by atoms with E-state index in [4.69, 9.17) is 5.73 Å². The first kappa shape index (κ1) is 13.5. The third-order valence-electron chi connectivity index (χ3n) is 3.52. The summed E-state index contributed by atoms with van der Waals surface area (Å²) >= 11 is 1.63. The molecular formula is C14H20N2OS. The van der Waals surface area contributed by atoms with Gasteiger partial charge in [0.25, 0.3) is 0 Å². The Morgan fingerprint density at radius 3 is 2.50 bits per heavy atom. The highest BCUT2D eigenvalue weighted by molar-refractivity contribution is 7.18. The normalized spacial score (nSPS) is 15.8. The summed E-state index contributed by atoms with van der Waals surface area (Å²) in [6.07, 6.45) is 0.506. The minimum Gasteiger partial charge on any atom is -0.388 e. The molecule has 0 radical (unpaired) electrons. The molecule has 0 fully saturated rings. The fourth-order valence-electron chi connectivity index (χ4n) is 1.89. The van der Waals surface area contributed by atoms with E-state index in [0.717, 1.165) is 15.2 Å². The predicted octanol–water partition coefficient (Wildman–Crippen LogP) is 2.57. The van der Waals surface area contributed by atoms with Crippen LogP contribution in [0.15, 0.2) is 24.3 Å². The fraction of sp³-hybridized carbons (Fsp3) is 0.500. The van der Waals surface area contributed by atoms with Crippen LogP contribution < -0.4 is 5.73 Å². The molecule has 1 aromatic carbocycles. The second kappa shape index (κ2) is 4.61. The molecule has 3 N–H and O–H groups in total. The molecule has 0 bridgehead atoms. The lowest BCUT2D eigenvalue weighted by Gasteiger charge is -2.38. The van der Waals surface area contributed by atoms with Crippen LogP contribution in [0.4, 0.5) is 0 Å². The first-order chi connectivity index (χ1) is 8.36. The van der Waals surface area contributed by atoms with Crippen LogP contribution in [0, 0.1) is 5.41 Å². The number of rotatable bonds is 3. The molecule has 3 nitrogen and oxygen atoms in total.